The summed E-state index contributed by atoms with van der Waals surface area (Å²) in [7, 11) is 2.03. The summed E-state index contributed by atoms with van der Waals surface area (Å²) in [5, 5.41) is 0.152. The topological polar surface area (TPSA) is 29.3 Å². The molecule has 0 radical (unpaired) electrons. The van der Waals surface area contributed by atoms with Crippen molar-refractivity contribution in [2.45, 2.75) is 38.8 Å². The zero-order valence-electron chi connectivity index (χ0n) is 11.3. The van der Waals surface area contributed by atoms with Crippen molar-refractivity contribution >= 4 is 11.6 Å². The molecular weight excluding hydrogens is 251 g/mol. The third-order valence-corrected chi connectivity index (χ3v) is 3.75. The molecule has 0 fully saturated rings. The molecule has 0 amide bonds. The standard InChI is InChI=1S/C14H22ClFN2/c1-4-5-10(2)18(3)14(9-17)11-6-7-12(15)13(16)8-11/h6-8,10,14H,4-5,9,17H2,1-3H3. The summed E-state index contributed by atoms with van der Waals surface area (Å²) in [6, 6.07) is 5.36. The zero-order valence-corrected chi connectivity index (χ0v) is 12.0. The Morgan fingerprint density at radius 1 is 1.44 bits per heavy atom. The second-order valence-corrected chi connectivity index (χ2v) is 5.14. The summed E-state index contributed by atoms with van der Waals surface area (Å²) >= 11 is 5.70. The summed E-state index contributed by atoms with van der Waals surface area (Å²) in [5.74, 6) is -0.385. The van der Waals surface area contributed by atoms with Crippen molar-refractivity contribution in [3.63, 3.8) is 0 Å². The molecule has 0 aromatic heterocycles. The lowest BCUT2D eigenvalue weighted by Gasteiger charge is -2.32. The molecule has 0 aliphatic rings. The van der Waals surface area contributed by atoms with Crippen molar-refractivity contribution in [3.8, 4) is 0 Å². The Morgan fingerprint density at radius 3 is 2.61 bits per heavy atom. The van der Waals surface area contributed by atoms with E-state index in [4.69, 9.17) is 17.3 Å². The average molecular weight is 273 g/mol. The van der Waals surface area contributed by atoms with Gasteiger partial charge in [-0.05, 0) is 38.1 Å². The molecule has 0 saturated carbocycles. The van der Waals surface area contributed by atoms with Gasteiger partial charge in [0.2, 0.25) is 0 Å². The van der Waals surface area contributed by atoms with Gasteiger partial charge in [0, 0.05) is 18.6 Å². The van der Waals surface area contributed by atoms with Gasteiger partial charge >= 0.3 is 0 Å². The van der Waals surface area contributed by atoms with Crippen molar-refractivity contribution in [3.05, 3.63) is 34.6 Å². The molecule has 0 spiro atoms. The van der Waals surface area contributed by atoms with Crippen molar-refractivity contribution in [1.29, 1.82) is 0 Å². The van der Waals surface area contributed by atoms with Crippen LogP contribution in [0.3, 0.4) is 0 Å². The van der Waals surface area contributed by atoms with Crippen LogP contribution in [0.5, 0.6) is 0 Å². The molecule has 1 aromatic carbocycles. The maximum absolute atomic E-state index is 13.5. The van der Waals surface area contributed by atoms with Gasteiger partial charge in [-0.15, -0.1) is 0 Å². The number of nitrogens with zero attached hydrogens (tertiary/aromatic N) is 1. The van der Waals surface area contributed by atoms with E-state index in [1.807, 2.05) is 13.1 Å². The highest BCUT2D eigenvalue weighted by Gasteiger charge is 2.20. The molecular formula is C14H22ClFN2. The van der Waals surface area contributed by atoms with E-state index in [0.29, 0.717) is 12.6 Å². The summed E-state index contributed by atoms with van der Waals surface area (Å²) in [5.41, 5.74) is 6.71. The third-order valence-electron chi connectivity index (χ3n) is 3.45. The van der Waals surface area contributed by atoms with Gasteiger partial charge in [0.15, 0.2) is 0 Å². The molecule has 102 valence electrons. The lowest BCUT2D eigenvalue weighted by Crippen LogP contribution is -2.37. The predicted octanol–water partition coefficient (Wildman–Crippen LogP) is 3.60. The van der Waals surface area contributed by atoms with Crippen molar-refractivity contribution < 1.29 is 4.39 Å². The molecule has 1 aromatic rings. The highest BCUT2D eigenvalue weighted by molar-refractivity contribution is 6.30. The molecule has 1 rings (SSSR count). The van der Waals surface area contributed by atoms with Crippen LogP contribution in [0.2, 0.25) is 5.02 Å². The summed E-state index contributed by atoms with van der Waals surface area (Å²) < 4.78 is 13.5. The SMILES string of the molecule is CCCC(C)N(C)C(CN)c1ccc(Cl)c(F)c1. The first-order chi connectivity index (χ1) is 8.51. The summed E-state index contributed by atoms with van der Waals surface area (Å²) in [6.07, 6.45) is 2.22. The van der Waals surface area contributed by atoms with Gasteiger partial charge in [-0.25, -0.2) is 4.39 Å². The van der Waals surface area contributed by atoms with E-state index >= 15 is 0 Å². The molecule has 2 N–H and O–H groups in total. The van der Waals surface area contributed by atoms with E-state index in [-0.39, 0.29) is 16.9 Å². The average Bonchev–Trinajstić information content (AvgIpc) is 2.34. The molecule has 2 unspecified atom stereocenters. The smallest absolute Gasteiger partial charge is 0.142 e. The van der Waals surface area contributed by atoms with E-state index in [1.54, 1.807) is 6.07 Å². The lowest BCUT2D eigenvalue weighted by molar-refractivity contribution is 0.179. The van der Waals surface area contributed by atoms with Crippen LogP contribution in [0, 0.1) is 5.82 Å². The lowest BCUT2D eigenvalue weighted by atomic mass is 10.0. The fraction of sp³-hybridized carbons (Fsp3) is 0.571. The van der Waals surface area contributed by atoms with Crippen LogP contribution in [0.4, 0.5) is 4.39 Å². The fourth-order valence-electron chi connectivity index (χ4n) is 2.19. The van der Waals surface area contributed by atoms with Crippen LogP contribution in [0.25, 0.3) is 0 Å². The number of likely N-dealkylation sites (N-methyl/N-ethyl adjacent to an activating group) is 1. The van der Waals surface area contributed by atoms with Gasteiger partial charge in [0.05, 0.1) is 5.02 Å². The van der Waals surface area contributed by atoms with Crippen LogP contribution in [0.1, 0.15) is 38.3 Å². The largest absolute Gasteiger partial charge is 0.329 e. The Hall–Kier alpha value is -0.640. The number of nitrogens with two attached hydrogens (primary N) is 1. The van der Waals surface area contributed by atoms with Gasteiger partial charge in [0.1, 0.15) is 5.82 Å². The molecule has 0 saturated heterocycles. The Kier molecular flexibility index (Phi) is 6.06. The first-order valence-corrected chi connectivity index (χ1v) is 6.76. The number of hydrogen-bond donors (Lipinski definition) is 1. The van der Waals surface area contributed by atoms with Crippen LogP contribution in [-0.4, -0.2) is 24.5 Å². The Labute approximate surface area is 114 Å². The highest BCUT2D eigenvalue weighted by atomic mass is 35.5. The van der Waals surface area contributed by atoms with Gasteiger partial charge < -0.3 is 5.73 Å². The number of rotatable bonds is 6. The molecule has 0 aliphatic heterocycles. The molecule has 0 heterocycles. The van der Waals surface area contributed by atoms with Crippen LogP contribution < -0.4 is 5.73 Å². The molecule has 2 nitrogen and oxygen atoms in total. The van der Waals surface area contributed by atoms with E-state index < -0.39 is 0 Å². The molecule has 18 heavy (non-hydrogen) atoms. The Balaban J connectivity index is 2.91. The van der Waals surface area contributed by atoms with Gasteiger partial charge in [0.25, 0.3) is 0 Å². The van der Waals surface area contributed by atoms with Gasteiger partial charge in [-0.2, -0.15) is 0 Å². The van der Waals surface area contributed by atoms with Crippen LogP contribution >= 0.6 is 11.6 Å². The Morgan fingerprint density at radius 2 is 2.11 bits per heavy atom. The zero-order chi connectivity index (χ0) is 13.7. The van der Waals surface area contributed by atoms with Gasteiger partial charge in [-0.3, -0.25) is 4.90 Å². The van der Waals surface area contributed by atoms with E-state index in [0.717, 1.165) is 18.4 Å². The fourth-order valence-corrected chi connectivity index (χ4v) is 2.30. The number of hydrogen-bond acceptors (Lipinski definition) is 2. The summed E-state index contributed by atoms with van der Waals surface area (Å²) in [4.78, 5) is 2.20. The van der Waals surface area contributed by atoms with E-state index in [1.165, 1.54) is 6.07 Å². The maximum Gasteiger partial charge on any atom is 0.142 e. The molecule has 0 bridgehead atoms. The second kappa shape index (κ2) is 7.07. The van der Waals surface area contributed by atoms with Crippen molar-refractivity contribution in [2.75, 3.05) is 13.6 Å². The highest BCUT2D eigenvalue weighted by Crippen LogP contribution is 2.25. The van der Waals surface area contributed by atoms with Crippen molar-refractivity contribution in [2.24, 2.45) is 5.73 Å². The molecule has 2 atom stereocenters. The first-order valence-electron chi connectivity index (χ1n) is 6.38. The van der Waals surface area contributed by atoms with Crippen molar-refractivity contribution in [1.82, 2.24) is 4.90 Å². The predicted molar refractivity (Wildman–Crippen MR) is 75.3 cm³/mol. The minimum atomic E-state index is -0.385. The maximum atomic E-state index is 13.5. The van der Waals surface area contributed by atoms with Gasteiger partial charge in [-0.1, -0.05) is 31.0 Å². The molecule has 4 heteroatoms. The quantitative estimate of drug-likeness (QED) is 0.857. The van der Waals surface area contributed by atoms with E-state index in [9.17, 15) is 4.39 Å². The van der Waals surface area contributed by atoms with Crippen LogP contribution in [0.15, 0.2) is 18.2 Å². The first kappa shape index (κ1) is 15.4. The van der Waals surface area contributed by atoms with E-state index in [2.05, 4.69) is 18.7 Å². The Bertz CT molecular complexity index is 384. The summed E-state index contributed by atoms with van der Waals surface area (Å²) in [6.45, 7) is 4.79. The third kappa shape index (κ3) is 3.67. The monoisotopic (exact) mass is 272 g/mol. The number of halogens is 2. The number of benzene rings is 1. The minimum absolute atomic E-state index is 0.0262. The van der Waals surface area contributed by atoms with Crippen LogP contribution in [-0.2, 0) is 0 Å². The normalized spacial score (nSPS) is 14.8. The second-order valence-electron chi connectivity index (χ2n) is 4.73. The minimum Gasteiger partial charge on any atom is -0.329 e. The molecule has 0 aliphatic carbocycles.